The number of aliphatic hydroxyl groups excluding tert-OH is 2. The Labute approximate surface area is 250 Å². The fourth-order valence-electron chi connectivity index (χ4n) is 10.2. The molecule has 1 aliphatic heterocycles. The number of amides is 2. The van der Waals surface area contributed by atoms with Crippen LogP contribution in [0.2, 0.25) is 0 Å². The van der Waals surface area contributed by atoms with E-state index in [0.29, 0.717) is 55.3 Å². The predicted octanol–water partition coefficient (Wildman–Crippen LogP) is 3.87. The Hall–Kier alpha value is -1.91. The molecule has 0 aromatic rings. The molecule has 4 aliphatic carbocycles. The van der Waals surface area contributed by atoms with Gasteiger partial charge in [-0.05, 0) is 129 Å². The number of nitrogens with zero attached hydrogens (tertiary/aromatic N) is 3. The second kappa shape index (κ2) is 12.2. The van der Waals surface area contributed by atoms with Gasteiger partial charge in [0.2, 0.25) is 11.8 Å². The minimum atomic E-state index is -0.703. The van der Waals surface area contributed by atoms with E-state index in [2.05, 4.69) is 52.3 Å². The van der Waals surface area contributed by atoms with Crippen LogP contribution in [0.3, 0.4) is 0 Å². The van der Waals surface area contributed by atoms with E-state index < -0.39 is 6.04 Å². The summed E-state index contributed by atoms with van der Waals surface area (Å²) in [5.41, 5.74) is 14.5. The smallest absolute Gasteiger partial charge is 0.242 e. The molecule has 1 saturated heterocycles. The van der Waals surface area contributed by atoms with Crippen LogP contribution < -0.4 is 21.5 Å². The van der Waals surface area contributed by atoms with Gasteiger partial charge >= 0.3 is 0 Å². The fraction of sp³-hybridized carbons (Fsp3) is 0.935. The van der Waals surface area contributed by atoms with Crippen LogP contribution in [0.5, 0.6) is 0 Å². The minimum Gasteiger partial charge on any atom is -0.393 e. The highest BCUT2D eigenvalue weighted by atomic mass is 16.3. The lowest BCUT2D eigenvalue weighted by atomic mass is 9.43. The summed E-state index contributed by atoms with van der Waals surface area (Å²) >= 11 is 0. The third kappa shape index (κ3) is 6.05. The van der Waals surface area contributed by atoms with Crippen molar-refractivity contribution < 1.29 is 19.8 Å². The van der Waals surface area contributed by atoms with Gasteiger partial charge in [0.05, 0.1) is 24.5 Å². The van der Waals surface area contributed by atoms with Gasteiger partial charge in [0.15, 0.2) is 0 Å². The molecular formula is C31H53N7O4. The van der Waals surface area contributed by atoms with E-state index in [-0.39, 0.29) is 53.1 Å². The molecule has 11 unspecified atom stereocenters. The molecule has 11 heteroatoms. The highest BCUT2D eigenvalue weighted by Gasteiger charge is 2.63. The van der Waals surface area contributed by atoms with E-state index in [9.17, 15) is 19.8 Å². The SMILES string of the molecule is CC(CCC(=O)NC(CCC1(C)NN1)C(=O)NCN=[N+]=[N-])C1CCC2C3CCC4CC(O)CCC4(C)C3CC(O)C12C. The molecule has 4 saturated carbocycles. The van der Waals surface area contributed by atoms with Crippen LogP contribution in [0.4, 0.5) is 0 Å². The number of fused-ring (bicyclic) bond motifs is 5. The molecule has 236 valence electrons. The Morgan fingerprint density at radius 3 is 2.52 bits per heavy atom. The quantitative estimate of drug-likeness (QED) is 0.0920. The lowest BCUT2D eigenvalue weighted by Crippen LogP contribution is -2.58. The van der Waals surface area contributed by atoms with Crippen LogP contribution >= 0.6 is 0 Å². The van der Waals surface area contributed by atoms with E-state index in [4.69, 9.17) is 5.53 Å². The summed E-state index contributed by atoms with van der Waals surface area (Å²) in [6, 6.07) is -0.703. The molecule has 1 heterocycles. The molecule has 11 nitrogen and oxygen atoms in total. The van der Waals surface area contributed by atoms with Gasteiger partial charge in [-0.25, -0.2) is 10.9 Å². The molecule has 0 bridgehead atoms. The normalized spacial score (nSPS) is 41.2. The van der Waals surface area contributed by atoms with Gasteiger partial charge < -0.3 is 20.8 Å². The number of azide groups is 1. The maximum absolute atomic E-state index is 13.1. The topological polar surface area (TPSA) is 191 Å². The third-order valence-electron chi connectivity index (χ3n) is 12.9. The summed E-state index contributed by atoms with van der Waals surface area (Å²) in [5.74, 6) is 2.38. The van der Waals surface area contributed by atoms with Crippen molar-refractivity contribution in [2.24, 2.45) is 51.5 Å². The van der Waals surface area contributed by atoms with Gasteiger partial charge in [0, 0.05) is 11.3 Å². The van der Waals surface area contributed by atoms with Crippen LogP contribution in [0.25, 0.3) is 10.4 Å². The molecule has 42 heavy (non-hydrogen) atoms. The Morgan fingerprint density at radius 1 is 1.05 bits per heavy atom. The predicted molar refractivity (Wildman–Crippen MR) is 159 cm³/mol. The van der Waals surface area contributed by atoms with Gasteiger partial charge in [-0.2, -0.15) is 0 Å². The Morgan fingerprint density at radius 2 is 1.81 bits per heavy atom. The second-order valence-electron chi connectivity index (χ2n) is 15.1. The first kappa shape index (κ1) is 31.5. The third-order valence-corrected chi connectivity index (χ3v) is 12.9. The maximum Gasteiger partial charge on any atom is 0.242 e. The Bertz CT molecular complexity index is 1060. The van der Waals surface area contributed by atoms with E-state index in [0.717, 1.165) is 38.5 Å². The standard InChI is InChI=1S/C31H53N7O4/c1-18(5-10-27(41)35-25(12-14-30(3)36-37-30)28(42)33-17-34-38-32)22-8-9-23-21-7-6-19-15-20(39)11-13-29(19,2)24(21)16-26(40)31(22,23)4/h18-26,36-37,39-40H,5-17H2,1-4H3,(H,33,42)(H,35,41). The molecule has 5 rings (SSSR count). The van der Waals surface area contributed by atoms with Crippen molar-refractivity contribution in [2.75, 3.05) is 6.67 Å². The van der Waals surface area contributed by atoms with Crippen LogP contribution in [0.1, 0.15) is 105 Å². The molecule has 5 fully saturated rings. The van der Waals surface area contributed by atoms with Crippen molar-refractivity contribution in [3.05, 3.63) is 10.4 Å². The highest BCUT2D eigenvalue weighted by Crippen LogP contribution is 2.68. The number of carbonyl (C=O) groups excluding carboxylic acids is 2. The maximum atomic E-state index is 13.1. The summed E-state index contributed by atoms with van der Waals surface area (Å²) in [4.78, 5) is 28.5. The van der Waals surface area contributed by atoms with Crippen molar-refractivity contribution in [2.45, 2.75) is 129 Å². The van der Waals surface area contributed by atoms with Gasteiger partial charge in [0.1, 0.15) is 6.04 Å². The average Bonchev–Trinajstić information content (AvgIpc) is 3.58. The monoisotopic (exact) mass is 587 g/mol. The van der Waals surface area contributed by atoms with E-state index in [1.165, 1.54) is 12.8 Å². The van der Waals surface area contributed by atoms with Crippen molar-refractivity contribution in [1.82, 2.24) is 21.5 Å². The summed E-state index contributed by atoms with van der Waals surface area (Å²) in [7, 11) is 0. The van der Waals surface area contributed by atoms with E-state index in [1.54, 1.807) is 0 Å². The molecule has 0 radical (unpaired) electrons. The average molecular weight is 588 g/mol. The Balaban J connectivity index is 1.19. The summed E-state index contributed by atoms with van der Waals surface area (Å²) in [5, 5.41) is 31.1. The van der Waals surface area contributed by atoms with Gasteiger partial charge in [-0.1, -0.05) is 25.9 Å². The zero-order chi connectivity index (χ0) is 30.3. The number of hydrogen-bond acceptors (Lipinski definition) is 7. The molecule has 0 aromatic heterocycles. The molecule has 0 spiro atoms. The first-order valence-electron chi connectivity index (χ1n) is 16.4. The number of aliphatic hydroxyl groups is 2. The number of nitrogens with one attached hydrogen (secondary N) is 4. The number of rotatable bonds is 11. The molecular weight excluding hydrogens is 534 g/mol. The first-order chi connectivity index (χ1) is 19.9. The number of hydrogen-bond donors (Lipinski definition) is 6. The summed E-state index contributed by atoms with van der Waals surface area (Å²) < 4.78 is 0. The van der Waals surface area contributed by atoms with Gasteiger partial charge in [0.25, 0.3) is 0 Å². The fourth-order valence-corrected chi connectivity index (χ4v) is 10.2. The number of hydrazine groups is 1. The zero-order valence-electron chi connectivity index (χ0n) is 25.9. The van der Waals surface area contributed by atoms with Crippen LogP contribution in [-0.4, -0.2) is 52.6 Å². The van der Waals surface area contributed by atoms with E-state index in [1.807, 2.05) is 6.92 Å². The highest BCUT2D eigenvalue weighted by molar-refractivity contribution is 5.87. The lowest BCUT2D eigenvalue weighted by Gasteiger charge is -2.62. The van der Waals surface area contributed by atoms with Crippen molar-refractivity contribution >= 4 is 11.8 Å². The zero-order valence-corrected chi connectivity index (χ0v) is 25.9. The van der Waals surface area contributed by atoms with Crippen molar-refractivity contribution in [3.8, 4) is 0 Å². The second-order valence-corrected chi connectivity index (χ2v) is 15.1. The summed E-state index contributed by atoms with van der Waals surface area (Å²) in [6.07, 6.45) is 10.0. The number of carbonyl (C=O) groups is 2. The van der Waals surface area contributed by atoms with Crippen LogP contribution in [-0.2, 0) is 9.59 Å². The molecule has 2 amide bonds. The molecule has 6 N–H and O–H groups in total. The van der Waals surface area contributed by atoms with Crippen LogP contribution in [0, 0.1) is 46.3 Å². The minimum absolute atomic E-state index is 0.141. The van der Waals surface area contributed by atoms with Gasteiger partial charge in [-0.3, -0.25) is 9.59 Å². The Kier molecular flexibility index (Phi) is 9.18. The summed E-state index contributed by atoms with van der Waals surface area (Å²) in [6.45, 7) is 8.86. The van der Waals surface area contributed by atoms with Crippen molar-refractivity contribution in [1.29, 1.82) is 0 Å². The lowest BCUT2D eigenvalue weighted by molar-refractivity contribution is -0.175. The molecule has 11 atom stereocenters. The van der Waals surface area contributed by atoms with Crippen LogP contribution in [0.15, 0.2) is 5.11 Å². The first-order valence-corrected chi connectivity index (χ1v) is 16.4. The van der Waals surface area contributed by atoms with Gasteiger partial charge in [-0.15, -0.1) is 0 Å². The van der Waals surface area contributed by atoms with E-state index >= 15 is 0 Å². The molecule has 5 aliphatic rings. The van der Waals surface area contributed by atoms with Crippen molar-refractivity contribution in [3.63, 3.8) is 0 Å². The molecule has 0 aromatic carbocycles. The largest absolute Gasteiger partial charge is 0.393 e.